The molecular weight excluding hydrogens is 612 g/mol. The van der Waals surface area contributed by atoms with E-state index in [2.05, 4.69) is 50.0 Å². The minimum absolute atomic E-state index is 0. The molecule has 1 aliphatic rings. The van der Waals surface area contributed by atoms with Crippen molar-refractivity contribution in [1.82, 2.24) is 0 Å². The van der Waals surface area contributed by atoms with Crippen LogP contribution < -0.4 is 14.4 Å². The molecule has 0 aliphatic carbocycles. The number of aliphatic imine (C=N–C) groups is 1. The number of amides is 1. The van der Waals surface area contributed by atoms with E-state index in [0.717, 1.165) is 47.7 Å². The number of nitrogens with zero attached hydrogens (tertiary/aromatic N) is 2. The molecule has 1 atom stereocenters. The van der Waals surface area contributed by atoms with E-state index < -0.39 is 0 Å². The van der Waals surface area contributed by atoms with E-state index in [4.69, 9.17) is 9.47 Å². The summed E-state index contributed by atoms with van der Waals surface area (Å²) in [4.78, 5) is 19.4. The number of anilines is 1. The Balaban J connectivity index is 0.00000675. The zero-order valence-electron chi connectivity index (χ0n) is 28.0. The molecule has 6 heteroatoms. The number of hydrogen-bond acceptors (Lipinski definition) is 4. The van der Waals surface area contributed by atoms with Gasteiger partial charge in [0, 0.05) is 30.8 Å². The number of methoxy groups -OCH3 is 1. The summed E-state index contributed by atoms with van der Waals surface area (Å²) >= 11 is 0. The molecule has 1 amide bonds. The van der Waals surface area contributed by atoms with E-state index in [1.807, 2.05) is 35.4 Å². The van der Waals surface area contributed by atoms with Crippen LogP contribution in [0.3, 0.4) is 0 Å². The van der Waals surface area contributed by atoms with Crippen molar-refractivity contribution >= 4 is 34.8 Å². The minimum Gasteiger partial charge on any atom is -0.493 e. The molecule has 1 unspecified atom stereocenters. The maximum absolute atomic E-state index is 13.0. The van der Waals surface area contributed by atoms with Crippen LogP contribution in [-0.4, -0.2) is 32.4 Å². The van der Waals surface area contributed by atoms with Gasteiger partial charge < -0.3 is 14.4 Å². The van der Waals surface area contributed by atoms with Gasteiger partial charge in [-0.05, 0) is 55.2 Å². The fourth-order valence-electron chi connectivity index (χ4n) is 5.89. The predicted molar refractivity (Wildman–Crippen MR) is 192 cm³/mol. The number of unbranched alkanes of at least 4 members (excludes halogenated alkanes) is 11. The van der Waals surface area contributed by atoms with E-state index in [0.29, 0.717) is 13.2 Å². The Morgan fingerprint density at radius 3 is 2.16 bits per heavy atom. The summed E-state index contributed by atoms with van der Waals surface area (Å²) in [6.07, 6.45) is 20.7. The van der Waals surface area contributed by atoms with Crippen molar-refractivity contribution in [2.24, 2.45) is 10.4 Å². The third-order valence-corrected chi connectivity index (χ3v) is 8.89. The lowest BCUT2D eigenvalue weighted by Crippen LogP contribution is -2.31. The van der Waals surface area contributed by atoms with Crippen LogP contribution in [0.15, 0.2) is 59.1 Å². The van der Waals surface area contributed by atoms with Gasteiger partial charge in [-0.1, -0.05) is 114 Å². The summed E-state index contributed by atoms with van der Waals surface area (Å²) in [5.74, 6) is 1.49. The first-order valence-electron chi connectivity index (χ1n) is 16.7. The molecule has 0 aromatic heterocycles. The first kappa shape index (κ1) is 37.6. The molecule has 0 bridgehead atoms. The summed E-state index contributed by atoms with van der Waals surface area (Å²) in [5.41, 5.74) is 4.37. The molecule has 0 fully saturated rings. The Morgan fingerprint density at radius 2 is 1.55 bits per heavy atom. The van der Waals surface area contributed by atoms with Crippen molar-refractivity contribution in [2.45, 2.75) is 118 Å². The normalized spacial score (nSPS) is 15.8. The molecule has 2 aromatic rings. The third kappa shape index (κ3) is 12.1. The Bertz CT molecular complexity index is 1190. The zero-order valence-corrected chi connectivity index (χ0v) is 29.8. The standard InChI is InChI=1S/C38H56N2O3.BrH/c1-6-7-8-9-10-11-12-13-14-15-16-19-26-43-37-27-33(22-23-36(37)42-5)29-40(32(3)41)35-21-18-17-20-34(35)28-38(4)30-39-25-24-31(38)2;/h17-18,20-25,27H,6-16,19,26,28-30H2,1-5H3;1H. The zero-order chi connectivity index (χ0) is 30.9. The van der Waals surface area contributed by atoms with Gasteiger partial charge in [0.1, 0.15) is 0 Å². The molecular formula is C38H57BrN2O3. The quantitative estimate of drug-likeness (QED) is 0.132. The summed E-state index contributed by atoms with van der Waals surface area (Å²) in [5, 5.41) is 0. The molecule has 0 radical (unpaired) electrons. The number of carbonyl (C=O) groups is 1. The SMILES string of the molecule is Br.CCCCCCCCCCCCCCOc1cc(CN(C(C)=O)c2ccccc2CC2(C)CN=CC=C2C)ccc1OC. The third-order valence-electron chi connectivity index (χ3n) is 8.89. The molecule has 244 valence electrons. The number of rotatable bonds is 20. The first-order chi connectivity index (χ1) is 20.9. The van der Waals surface area contributed by atoms with Crippen LogP contribution >= 0.6 is 17.0 Å². The van der Waals surface area contributed by atoms with Gasteiger partial charge in [-0.15, -0.1) is 17.0 Å². The first-order valence-corrected chi connectivity index (χ1v) is 16.7. The fourth-order valence-corrected chi connectivity index (χ4v) is 5.89. The highest BCUT2D eigenvalue weighted by Gasteiger charge is 2.30. The highest BCUT2D eigenvalue weighted by atomic mass is 79.9. The Labute approximate surface area is 278 Å². The van der Waals surface area contributed by atoms with Crippen LogP contribution in [-0.2, 0) is 17.8 Å². The Hall–Kier alpha value is -2.60. The van der Waals surface area contributed by atoms with E-state index in [1.54, 1.807) is 14.0 Å². The average Bonchev–Trinajstić information content (AvgIpc) is 3.00. The van der Waals surface area contributed by atoms with Gasteiger partial charge in [0.2, 0.25) is 5.91 Å². The highest BCUT2D eigenvalue weighted by Crippen LogP contribution is 2.37. The van der Waals surface area contributed by atoms with E-state index >= 15 is 0 Å². The second-order valence-electron chi connectivity index (χ2n) is 12.5. The van der Waals surface area contributed by atoms with Crippen molar-refractivity contribution in [2.75, 3.05) is 25.2 Å². The maximum atomic E-state index is 13.0. The molecule has 44 heavy (non-hydrogen) atoms. The summed E-state index contributed by atoms with van der Waals surface area (Å²) in [7, 11) is 1.68. The lowest BCUT2D eigenvalue weighted by Gasteiger charge is -2.33. The molecule has 0 saturated carbocycles. The highest BCUT2D eigenvalue weighted by molar-refractivity contribution is 8.93. The number of dihydropyridines is 1. The number of allylic oxidation sites excluding steroid dienone is 1. The molecule has 0 saturated heterocycles. The van der Waals surface area contributed by atoms with Gasteiger partial charge in [-0.25, -0.2) is 0 Å². The van der Waals surface area contributed by atoms with Gasteiger partial charge in [0.05, 0.1) is 20.3 Å². The van der Waals surface area contributed by atoms with Gasteiger partial charge in [0.15, 0.2) is 11.5 Å². The number of halogens is 1. The predicted octanol–water partition coefficient (Wildman–Crippen LogP) is 10.5. The van der Waals surface area contributed by atoms with Crippen molar-refractivity contribution in [3.8, 4) is 11.5 Å². The summed E-state index contributed by atoms with van der Waals surface area (Å²) in [6.45, 7) is 10.2. The van der Waals surface area contributed by atoms with Gasteiger partial charge in [-0.3, -0.25) is 9.79 Å². The summed E-state index contributed by atoms with van der Waals surface area (Å²) in [6, 6.07) is 14.3. The van der Waals surface area contributed by atoms with Crippen molar-refractivity contribution in [3.63, 3.8) is 0 Å². The second kappa shape index (κ2) is 20.4. The van der Waals surface area contributed by atoms with Crippen LogP contribution in [0.5, 0.6) is 11.5 Å². The number of hydrogen-bond donors (Lipinski definition) is 0. The molecule has 2 aromatic carbocycles. The number of ether oxygens (including phenoxy) is 2. The molecule has 3 rings (SSSR count). The number of benzene rings is 2. The van der Waals surface area contributed by atoms with Crippen LogP contribution in [0.1, 0.15) is 116 Å². The Kier molecular flexibility index (Phi) is 17.5. The molecule has 0 spiro atoms. The van der Waals surface area contributed by atoms with Gasteiger partial charge >= 0.3 is 0 Å². The topological polar surface area (TPSA) is 51.1 Å². The van der Waals surface area contributed by atoms with Crippen LogP contribution in [0, 0.1) is 5.41 Å². The Morgan fingerprint density at radius 1 is 0.909 bits per heavy atom. The van der Waals surface area contributed by atoms with E-state index in [9.17, 15) is 4.79 Å². The van der Waals surface area contributed by atoms with Crippen molar-refractivity contribution in [3.05, 3.63) is 65.2 Å². The van der Waals surface area contributed by atoms with E-state index in [-0.39, 0.29) is 28.3 Å². The smallest absolute Gasteiger partial charge is 0.224 e. The fraction of sp³-hybridized carbons (Fsp3) is 0.579. The van der Waals surface area contributed by atoms with Crippen LogP contribution in [0.4, 0.5) is 5.69 Å². The van der Waals surface area contributed by atoms with Crippen molar-refractivity contribution < 1.29 is 14.3 Å². The van der Waals surface area contributed by atoms with Crippen LogP contribution in [0.2, 0.25) is 0 Å². The van der Waals surface area contributed by atoms with Crippen LogP contribution in [0.25, 0.3) is 0 Å². The maximum Gasteiger partial charge on any atom is 0.224 e. The lowest BCUT2D eigenvalue weighted by atomic mass is 9.76. The monoisotopic (exact) mass is 668 g/mol. The lowest BCUT2D eigenvalue weighted by molar-refractivity contribution is -0.116. The number of para-hydroxylation sites is 1. The second-order valence-corrected chi connectivity index (χ2v) is 12.5. The molecule has 0 N–H and O–H groups in total. The van der Waals surface area contributed by atoms with Crippen molar-refractivity contribution in [1.29, 1.82) is 0 Å². The summed E-state index contributed by atoms with van der Waals surface area (Å²) < 4.78 is 11.8. The van der Waals surface area contributed by atoms with Gasteiger partial charge in [-0.2, -0.15) is 0 Å². The minimum atomic E-state index is -0.0671. The average molecular weight is 670 g/mol. The number of carbonyl (C=O) groups excluding carboxylic acids is 1. The molecule has 5 nitrogen and oxygen atoms in total. The van der Waals surface area contributed by atoms with Gasteiger partial charge in [0.25, 0.3) is 0 Å². The molecule has 1 aliphatic heterocycles. The van der Waals surface area contributed by atoms with E-state index in [1.165, 1.54) is 76.2 Å². The molecule has 1 heterocycles. The largest absolute Gasteiger partial charge is 0.493 e.